The molecule has 0 radical (unpaired) electrons. The first-order chi connectivity index (χ1) is 10.2. The lowest BCUT2D eigenvalue weighted by atomic mass is 9.76. The van der Waals surface area contributed by atoms with E-state index in [1.54, 1.807) is 7.11 Å². The van der Waals surface area contributed by atoms with Gasteiger partial charge in [0.15, 0.2) is 0 Å². The van der Waals surface area contributed by atoms with Crippen molar-refractivity contribution < 1.29 is 9.47 Å². The lowest BCUT2D eigenvalue weighted by molar-refractivity contribution is -0.0917. The van der Waals surface area contributed by atoms with Crippen molar-refractivity contribution in [2.24, 2.45) is 5.84 Å². The largest absolute Gasteiger partial charge is 0.496 e. The van der Waals surface area contributed by atoms with Gasteiger partial charge in [-0.15, -0.1) is 0 Å². The second-order valence-electron chi connectivity index (χ2n) is 5.90. The van der Waals surface area contributed by atoms with Gasteiger partial charge in [0.2, 0.25) is 0 Å². The Balaban J connectivity index is 2.42. The fourth-order valence-corrected chi connectivity index (χ4v) is 3.56. The number of nitrogens with two attached hydrogens (primary N) is 1. The van der Waals surface area contributed by atoms with E-state index in [4.69, 9.17) is 15.3 Å². The predicted octanol–water partition coefficient (Wildman–Crippen LogP) is 3.25. The van der Waals surface area contributed by atoms with E-state index < -0.39 is 0 Å². The van der Waals surface area contributed by atoms with Crippen molar-refractivity contribution in [3.63, 3.8) is 0 Å². The van der Waals surface area contributed by atoms with Gasteiger partial charge in [0.1, 0.15) is 5.75 Å². The average molecular weight is 292 g/mol. The van der Waals surface area contributed by atoms with Gasteiger partial charge in [-0.05, 0) is 32.8 Å². The molecule has 0 aromatic heterocycles. The Morgan fingerprint density at radius 1 is 1.29 bits per heavy atom. The lowest BCUT2D eigenvalue weighted by Crippen LogP contribution is -2.50. The van der Waals surface area contributed by atoms with Crippen LogP contribution in [0.3, 0.4) is 0 Å². The van der Waals surface area contributed by atoms with Gasteiger partial charge in [-0.2, -0.15) is 0 Å². The highest BCUT2D eigenvalue weighted by atomic mass is 16.5. The van der Waals surface area contributed by atoms with Gasteiger partial charge in [0, 0.05) is 12.2 Å². The van der Waals surface area contributed by atoms with Crippen molar-refractivity contribution in [3.8, 4) is 5.75 Å². The topological polar surface area (TPSA) is 56.5 Å². The zero-order chi connectivity index (χ0) is 15.3. The highest BCUT2D eigenvalue weighted by molar-refractivity contribution is 5.40. The van der Waals surface area contributed by atoms with Crippen LogP contribution in [0.25, 0.3) is 0 Å². The zero-order valence-electron chi connectivity index (χ0n) is 13.4. The maximum Gasteiger partial charge on any atom is 0.123 e. The van der Waals surface area contributed by atoms with Gasteiger partial charge >= 0.3 is 0 Å². The van der Waals surface area contributed by atoms with Gasteiger partial charge in [0.05, 0.1) is 18.8 Å². The first-order valence-electron chi connectivity index (χ1n) is 7.91. The molecule has 1 aromatic rings. The number of aryl methyl sites for hydroxylation is 1. The van der Waals surface area contributed by atoms with E-state index in [1.165, 1.54) is 24.8 Å². The van der Waals surface area contributed by atoms with E-state index in [0.29, 0.717) is 6.61 Å². The molecule has 0 saturated heterocycles. The van der Waals surface area contributed by atoms with Crippen LogP contribution in [0.2, 0.25) is 0 Å². The van der Waals surface area contributed by atoms with E-state index in [2.05, 4.69) is 31.4 Å². The van der Waals surface area contributed by atoms with E-state index in [0.717, 1.165) is 24.2 Å². The first-order valence-corrected chi connectivity index (χ1v) is 7.91. The molecular weight excluding hydrogens is 264 g/mol. The predicted molar refractivity (Wildman–Crippen MR) is 85.2 cm³/mol. The number of hydrogen-bond donors (Lipinski definition) is 2. The number of benzene rings is 1. The zero-order valence-corrected chi connectivity index (χ0v) is 13.4. The van der Waals surface area contributed by atoms with Crippen LogP contribution < -0.4 is 16.0 Å². The van der Waals surface area contributed by atoms with Crippen LogP contribution in [0.15, 0.2) is 18.2 Å². The Bertz CT molecular complexity index is 451. The summed E-state index contributed by atoms with van der Waals surface area (Å²) in [5, 5.41) is 0. The van der Waals surface area contributed by atoms with Crippen molar-refractivity contribution >= 4 is 0 Å². The minimum absolute atomic E-state index is 0.0485. The first kappa shape index (κ1) is 16.3. The van der Waals surface area contributed by atoms with Gasteiger partial charge in [-0.25, -0.2) is 5.43 Å². The monoisotopic (exact) mass is 292 g/mol. The molecule has 0 amide bonds. The molecule has 0 spiro atoms. The van der Waals surface area contributed by atoms with Gasteiger partial charge in [0.25, 0.3) is 0 Å². The maximum atomic E-state index is 6.22. The molecule has 1 aliphatic carbocycles. The fraction of sp³-hybridized carbons (Fsp3) is 0.647. The molecule has 1 aliphatic rings. The molecular formula is C17H28N2O2. The van der Waals surface area contributed by atoms with Gasteiger partial charge < -0.3 is 9.47 Å². The Labute approximate surface area is 128 Å². The summed E-state index contributed by atoms with van der Waals surface area (Å²) in [7, 11) is 1.70. The van der Waals surface area contributed by atoms with Crippen molar-refractivity contribution in [1.82, 2.24) is 5.43 Å². The molecule has 1 fully saturated rings. The molecule has 1 atom stereocenters. The van der Waals surface area contributed by atoms with E-state index >= 15 is 0 Å². The third-order valence-corrected chi connectivity index (χ3v) is 4.52. The number of ether oxygens (including phenoxy) is 2. The third-order valence-electron chi connectivity index (χ3n) is 4.52. The standard InChI is InChI=1S/C17H28N2O2/c1-4-21-17(10-6-5-7-11-17)16(19-18)14-12-13(2)8-9-15(14)20-3/h8-9,12,16,19H,4-7,10-11,18H2,1-3H3. The second-order valence-corrected chi connectivity index (χ2v) is 5.90. The number of rotatable bonds is 6. The Morgan fingerprint density at radius 2 is 2.00 bits per heavy atom. The molecule has 4 nitrogen and oxygen atoms in total. The molecule has 0 bridgehead atoms. The van der Waals surface area contributed by atoms with Crippen molar-refractivity contribution in [2.45, 2.75) is 57.6 Å². The molecule has 1 unspecified atom stereocenters. The van der Waals surface area contributed by atoms with Crippen molar-refractivity contribution in [2.75, 3.05) is 13.7 Å². The molecule has 3 N–H and O–H groups in total. The van der Waals surface area contributed by atoms with E-state index in [9.17, 15) is 0 Å². The van der Waals surface area contributed by atoms with Crippen LogP contribution in [-0.2, 0) is 4.74 Å². The van der Waals surface area contributed by atoms with E-state index in [1.807, 2.05) is 6.07 Å². The summed E-state index contributed by atoms with van der Waals surface area (Å²) in [5.74, 6) is 6.81. The fourth-order valence-electron chi connectivity index (χ4n) is 3.56. The van der Waals surface area contributed by atoms with Crippen LogP contribution >= 0.6 is 0 Å². The molecule has 1 aromatic carbocycles. The third kappa shape index (κ3) is 3.39. The summed E-state index contributed by atoms with van der Waals surface area (Å²) < 4.78 is 11.8. The van der Waals surface area contributed by atoms with Crippen LogP contribution in [0.1, 0.15) is 56.2 Å². The molecule has 118 valence electrons. The number of nitrogens with one attached hydrogen (secondary N) is 1. The molecule has 21 heavy (non-hydrogen) atoms. The highest BCUT2D eigenvalue weighted by Gasteiger charge is 2.42. The van der Waals surface area contributed by atoms with E-state index in [-0.39, 0.29) is 11.6 Å². The Hall–Kier alpha value is -1.10. The SMILES string of the molecule is CCOC1(C(NN)c2cc(C)ccc2OC)CCCCC1. The second kappa shape index (κ2) is 7.25. The van der Waals surface area contributed by atoms with Gasteiger partial charge in [-0.1, -0.05) is 37.0 Å². The van der Waals surface area contributed by atoms with Crippen LogP contribution in [0.5, 0.6) is 5.75 Å². The summed E-state index contributed by atoms with van der Waals surface area (Å²) in [6.45, 7) is 4.84. The Morgan fingerprint density at radius 3 is 2.57 bits per heavy atom. The maximum absolute atomic E-state index is 6.22. The summed E-state index contributed by atoms with van der Waals surface area (Å²) in [5.41, 5.74) is 5.07. The summed E-state index contributed by atoms with van der Waals surface area (Å²) in [6, 6.07) is 6.17. The van der Waals surface area contributed by atoms with Gasteiger partial charge in [-0.3, -0.25) is 5.84 Å². The van der Waals surface area contributed by atoms with Crippen molar-refractivity contribution in [3.05, 3.63) is 29.3 Å². The van der Waals surface area contributed by atoms with Crippen LogP contribution in [-0.4, -0.2) is 19.3 Å². The number of hydrogen-bond acceptors (Lipinski definition) is 4. The van der Waals surface area contributed by atoms with Crippen LogP contribution in [0, 0.1) is 6.92 Å². The molecule has 0 aliphatic heterocycles. The Kier molecular flexibility index (Phi) is 5.62. The average Bonchev–Trinajstić information content (AvgIpc) is 2.49. The molecule has 1 saturated carbocycles. The number of hydrazine groups is 1. The summed E-state index contributed by atoms with van der Waals surface area (Å²) in [4.78, 5) is 0. The molecule has 2 rings (SSSR count). The lowest BCUT2D eigenvalue weighted by Gasteiger charge is -2.43. The summed E-state index contributed by atoms with van der Waals surface area (Å²) >= 11 is 0. The van der Waals surface area contributed by atoms with Crippen molar-refractivity contribution in [1.29, 1.82) is 0 Å². The minimum atomic E-state index is -0.233. The normalized spacial score (nSPS) is 19.2. The highest BCUT2D eigenvalue weighted by Crippen LogP contribution is 2.43. The smallest absolute Gasteiger partial charge is 0.123 e. The quantitative estimate of drug-likeness (QED) is 0.624. The number of methoxy groups -OCH3 is 1. The molecule has 4 heteroatoms. The summed E-state index contributed by atoms with van der Waals surface area (Å²) in [6.07, 6.45) is 5.72. The molecule has 0 heterocycles. The minimum Gasteiger partial charge on any atom is -0.496 e. The van der Waals surface area contributed by atoms with Crippen LogP contribution in [0.4, 0.5) is 0 Å².